The Kier molecular flexibility index (Phi) is 12.1. The molecule has 0 fully saturated rings. The number of pyridine rings is 2. The Morgan fingerprint density at radius 3 is 1.76 bits per heavy atom. The maximum atomic E-state index is 14.8. The second kappa shape index (κ2) is 17.0. The highest BCUT2D eigenvalue weighted by molar-refractivity contribution is 7.91. The summed E-state index contributed by atoms with van der Waals surface area (Å²) >= 11 is 0. The largest absolute Gasteiger partial charge is 0.404 e. The van der Waals surface area contributed by atoms with E-state index in [0.717, 1.165) is 12.1 Å². The number of rotatable bonds is 9. The number of nitrogens with one attached hydrogen (secondary N) is 1. The summed E-state index contributed by atoms with van der Waals surface area (Å²) in [4.78, 5) is 23.0. The lowest BCUT2D eigenvalue weighted by molar-refractivity contribution is -0.147. The van der Waals surface area contributed by atoms with Gasteiger partial charge in [0, 0.05) is 70.6 Å². The molecule has 0 saturated heterocycles. The number of aromatic nitrogens is 6. The zero-order valence-electron chi connectivity index (χ0n) is 30.4. The molecular weight excluding hydrogens is 818 g/mol. The summed E-state index contributed by atoms with van der Waals surface area (Å²) in [5.74, 6) is -1.25. The molecule has 7 rings (SSSR count). The molecule has 302 valence electrons. The van der Waals surface area contributed by atoms with Crippen LogP contribution in [0.1, 0.15) is 6.92 Å². The number of hydrogen-bond acceptors (Lipinski definition) is 12. The molecule has 0 aliphatic carbocycles. The second-order valence-corrected chi connectivity index (χ2v) is 16.0. The van der Waals surface area contributed by atoms with Crippen molar-refractivity contribution in [2.24, 2.45) is 0 Å². The van der Waals surface area contributed by atoms with Crippen molar-refractivity contribution in [3.05, 3.63) is 140 Å². The predicted molar refractivity (Wildman–Crippen MR) is 208 cm³/mol. The Labute approximate surface area is 334 Å². The molecular formula is C39H30F5N9O4S2. The van der Waals surface area contributed by atoms with E-state index in [2.05, 4.69) is 29.9 Å². The Morgan fingerprint density at radius 1 is 0.593 bits per heavy atom. The van der Waals surface area contributed by atoms with Gasteiger partial charge in [-0.05, 0) is 55.0 Å². The molecule has 4 aromatic heterocycles. The van der Waals surface area contributed by atoms with Gasteiger partial charge in [-0.3, -0.25) is 4.98 Å². The van der Waals surface area contributed by atoms with Gasteiger partial charge in [-0.1, -0.05) is 48.5 Å². The zero-order chi connectivity index (χ0) is 42.5. The number of halogens is 5. The van der Waals surface area contributed by atoms with Gasteiger partial charge in [-0.25, -0.2) is 50.5 Å². The molecule has 0 spiro atoms. The van der Waals surface area contributed by atoms with Gasteiger partial charge < -0.3 is 11.5 Å². The Bertz CT molecular complexity index is 2840. The SMILES string of the molecule is C[C@H](NS(=O)(=O)c1ccccc1-c1cnc(-c2cnc(N)nc2)c(F)c1)C(F)(F)F.Nc1ncc(-c2ccc(-c3cccnc3S(=O)(=O)c3ccccc3)cc2F)cn1. The highest BCUT2D eigenvalue weighted by Crippen LogP contribution is 2.34. The molecule has 1 atom stereocenters. The van der Waals surface area contributed by atoms with Gasteiger partial charge >= 0.3 is 6.18 Å². The minimum absolute atomic E-state index is 0.00417. The van der Waals surface area contributed by atoms with Crippen molar-refractivity contribution in [3.63, 3.8) is 0 Å². The fraction of sp³-hybridized carbons (Fsp3) is 0.0769. The number of alkyl halides is 3. The number of nitrogens with zero attached hydrogens (tertiary/aromatic N) is 6. The summed E-state index contributed by atoms with van der Waals surface area (Å²) in [7, 11) is -8.42. The van der Waals surface area contributed by atoms with E-state index in [1.807, 2.05) is 0 Å². The summed E-state index contributed by atoms with van der Waals surface area (Å²) < 4.78 is 121. The maximum Gasteiger partial charge on any atom is 0.404 e. The highest BCUT2D eigenvalue weighted by Gasteiger charge is 2.39. The topological polar surface area (TPSA) is 210 Å². The number of benzene rings is 3. The van der Waals surface area contributed by atoms with Gasteiger partial charge in [0.2, 0.25) is 31.8 Å². The molecule has 0 bridgehead atoms. The fourth-order valence-corrected chi connectivity index (χ4v) is 8.36. The number of nitrogens with two attached hydrogens (primary N) is 2. The molecule has 0 aliphatic heterocycles. The highest BCUT2D eigenvalue weighted by atomic mass is 32.2. The van der Waals surface area contributed by atoms with Crippen LogP contribution in [0.3, 0.4) is 0 Å². The average molecular weight is 848 g/mol. The molecule has 5 N–H and O–H groups in total. The van der Waals surface area contributed by atoms with E-state index in [1.54, 1.807) is 47.2 Å². The molecule has 3 aromatic carbocycles. The van der Waals surface area contributed by atoms with Gasteiger partial charge in [-0.2, -0.15) is 17.9 Å². The van der Waals surface area contributed by atoms with Gasteiger partial charge in [0.1, 0.15) is 23.4 Å². The normalized spacial score (nSPS) is 12.3. The lowest BCUT2D eigenvalue weighted by atomic mass is 10.0. The van der Waals surface area contributed by atoms with Crippen LogP contribution in [0, 0.1) is 11.6 Å². The first-order valence-corrected chi connectivity index (χ1v) is 20.0. The van der Waals surface area contributed by atoms with Crippen LogP contribution in [0.4, 0.5) is 33.8 Å². The first-order valence-electron chi connectivity index (χ1n) is 17.0. The van der Waals surface area contributed by atoms with Crippen LogP contribution < -0.4 is 16.2 Å². The van der Waals surface area contributed by atoms with Crippen LogP contribution in [-0.4, -0.2) is 59.0 Å². The lowest BCUT2D eigenvalue weighted by Gasteiger charge is -2.18. The molecule has 20 heteroatoms. The predicted octanol–water partition coefficient (Wildman–Crippen LogP) is 6.92. The third kappa shape index (κ3) is 9.52. The van der Waals surface area contributed by atoms with Crippen molar-refractivity contribution in [2.75, 3.05) is 11.5 Å². The Hall–Kier alpha value is -6.77. The van der Waals surface area contributed by atoms with Gasteiger partial charge in [0.25, 0.3) is 0 Å². The van der Waals surface area contributed by atoms with Gasteiger partial charge in [0.15, 0.2) is 5.03 Å². The summed E-state index contributed by atoms with van der Waals surface area (Å²) in [5, 5.41) is -0.130. The Morgan fingerprint density at radius 2 is 1.15 bits per heavy atom. The van der Waals surface area contributed by atoms with Crippen molar-refractivity contribution in [3.8, 4) is 44.6 Å². The third-order valence-electron chi connectivity index (χ3n) is 8.44. The lowest BCUT2D eigenvalue weighted by Crippen LogP contribution is -2.43. The van der Waals surface area contributed by atoms with Crippen molar-refractivity contribution >= 4 is 31.8 Å². The number of hydrogen-bond donors (Lipinski definition) is 3. The van der Waals surface area contributed by atoms with E-state index >= 15 is 0 Å². The average Bonchev–Trinajstić information content (AvgIpc) is 3.22. The van der Waals surface area contributed by atoms with Crippen LogP contribution >= 0.6 is 0 Å². The van der Waals surface area contributed by atoms with E-state index in [-0.39, 0.29) is 49.8 Å². The van der Waals surface area contributed by atoms with Crippen molar-refractivity contribution in [2.45, 2.75) is 34.0 Å². The summed E-state index contributed by atoms with van der Waals surface area (Å²) in [6.45, 7) is 0.685. The van der Waals surface area contributed by atoms with E-state index in [1.165, 1.54) is 73.6 Å². The van der Waals surface area contributed by atoms with Gasteiger partial charge in [0.05, 0.1) is 9.79 Å². The Balaban J connectivity index is 0.000000198. The number of nitrogen functional groups attached to an aromatic ring is 2. The third-order valence-corrected chi connectivity index (χ3v) is 11.8. The standard InChI is InChI=1S/C21H15FN4O2S.C18H15F4N5O2S/c22-19-11-14(8-9-17(19)15-12-25-21(23)26-13-15)18-7-4-10-24-20(18)29(27,28)16-5-2-1-3-6-16;1-10(18(20,21)22)27-30(28,29)15-5-3-2-4-13(15)11-6-14(19)16(24-7-11)12-8-25-17(23)26-9-12/h1-13H,(H2,23,25,26);2-10,27H,1H3,(H2,23,25,26)/t;10-/m.0/s1. The summed E-state index contributed by atoms with van der Waals surface area (Å²) in [5.41, 5.74) is 12.5. The smallest absolute Gasteiger partial charge is 0.368 e. The minimum atomic E-state index is -4.77. The van der Waals surface area contributed by atoms with E-state index in [0.29, 0.717) is 23.6 Å². The minimum Gasteiger partial charge on any atom is -0.368 e. The van der Waals surface area contributed by atoms with Crippen molar-refractivity contribution in [1.29, 1.82) is 0 Å². The van der Waals surface area contributed by atoms with E-state index in [9.17, 15) is 38.8 Å². The van der Waals surface area contributed by atoms with Crippen LogP contribution in [0.2, 0.25) is 0 Å². The molecule has 0 unspecified atom stereocenters. The summed E-state index contributed by atoms with van der Waals surface area (Å²) in [6, 6.07) is 19.7. The van der Waals surface area contributed by atoms with Crippen molar-refractivity contribution < 1.29 is 38.8 Å². The quantitative estimate of drug-likeness (QED) is 0.127. The fourth-order valence-electron chi connectivity index (χ4n) is 5.49. The first kappa shape index (κ1) is 41.9. The van der Waals surface area contributed by atoms with Crippen molar-refractivity contribution in [1.82, 2.24) is 34.6 Å². The number of sulfonamides is 1. The number of anilines is 2. The molecule has 13 nitrogen and oxygen atoms in total. The van der Waals surface area contributed by atoms with Gasteiger partial charge in [-0.15, -0.1) is 0 Å². The molecule has 7 aromatic rings. The molecule has 0 aliphatic rings. The molecule has 59 heavy (non-hydrogen) atoms. The second-order valence-electron chi connectivity index (χ2n) is 12.5. The molecule has 4 heterocycles. The monoisotopic (exact) mass is 847 g/mol. The van der Waals surface area contributed by atoms with Crippen LogP contribution in [-0.2, 0) is 19.9 Å². The van der Waals surface area contributed by atoms with Crippen LogP contribution in [0.5, 0.6) is 0 Å². The van der Waals surface area contributed by atoms with Crippen LogP contribution in [0.25, 0.3) is 44.6 Å². The first-order chi connectivity index (χ1) is 28.0. The molecule has 0 amide bonds. The maximum absolute atomic E-state index is 14.8. The van der Waals surface area contributed by atoms with E-state index in [4.69, 9.17) is 11.5 Å². The zero-order valence-corrected chi connectivity index (χ0v) is 32.0. The van der Waals surface area contributed by atoms with Crippen LogP contribution in [0.15, 0.2) is 143 Å². The van der Waals surface area contributed by atoms with E-state index < -0.39 is 48.6 Å². The molecule has 0 radical (unpaired) electrons. The summed E-state index contributed by atoms with van der Waals surface area (Å²) in [6.07, 6.45) is 3.23. The molecule has 0 saturated carbocycles. The number of sulfone groups is 1.